The molecule has 1 fully saturated rings. The van der Waals surface area contributed by atoms with Crippen molar-refractivity contribution in [3.63, 3.8) is 0 Å². The molecule has 0 unspecified atom stereocenters. The summed E-state index contributed by atoms with van der Waals surface area (Å²) in [6, 6.07) is 0. The van der Waals surface area contributed by atoms with Crippen LogP contribution in [0.15, 0.2) is 12.2 Å². The predicted octanol–water partition coefficient (Wildman–Crippen LogP) is 1.70. The minimum absolute atomic E-state index is 0.0181. The predicted molar refractivity (Wildman–Crippen MR) is 67.2 cm³/mol. The van der Waals surface area contributed by atoms with E-state index in [2.05, 4.69) is 24.5 Å². The van der Waals surface area contributed by atoms with Gasteiger partial charge in [-0.05, 0) is 50.3 Å². The highest BCUT2D eigenvalue weighted by atomic mass is 16.1. The molecule has 2 N–H and O–H groups in total. The van der Waals surface area contributed by atoms with Crippen molar-refractivity contribution >= 4 is 5.91 Å². The van der Waals surface area contributed by atoms with Gasteiger partial charge in [0.2, 0.25) is 5.91 Å². The Kier molecular flexibility index (Phi) is 5.00. The Hall–Kier alpha value is -0.830. The van der Waals surface area contributed by atoms with E-state index in [-0.39, 0.29) is 11.3 Å². The number of amides is 1. The van der Waals surface area contributed by atoms with Gasteiger partial charge in [0.25, 0.3) is 0 Å². The quantitative estimate of drug-likeness (QED) is 0.714. The minimum Gasteiger partial charge on any atom is -0.352 e. The Morgan fingerprint density at radius 3 is 2.62 bits per heavy atom. The second-order valence-corrected chi connectivity index (χ2v) is 5.23. The molecule has 1 heterocycles. The first-order chi connectivity index (χ1) is 7.56. The maximum absolute atomic E-state index is 11.4. The van der Waals surface area contributed by atoms with Gasteiger partial charge in [-0.1, -0.05) is 19.9 Å². The number of hydrogen-bond donors (Lipinski definition) is 2. The van der Waals surface area contributed by atoms with Gasteiger partial charge in [-0.3, -0.25) is 4.79 Å². The monoisotopic (exact) mass is 224 g/mol. The van der Waals surface area contributed by atoms with Gasteiger partial charge in [-0.25, -0.2) is 0 Å². The Labute approximate surface area is 98.7 Å². The average Bonchev–Trinajstić information content (AvgIpc) is 2.28. The minimum atomic E-state index is 0.0181. The van der Waals surface area contributed by atoms with E-state index < -0.39 is 0 Å². The number of piperidine rings is 1. The summed E-state index contributed by atoms with van der Waals surface area (Å²) in [6.45, 7) is 9.34. The van der Waals surface area contributed by atoms with E-state index >= 15 is 0 Å². The molecule has 0 bridgehead atoms. The second-order valence-electron chi connectivity index (χ2n) is 5.23. The molecule has 0 aliphatic carbocycles. The van der Waals surface area contributed by atoms with E-state index in [0.29, 0.717) is 5.92 Å². The van der Waals surface area contributed by atoms with Gasteiger partial charge in [-0.2, -0.15) is 0 Å². The van der Waals surface area contributed by atoms with Crippen LogP contribution in [0.5, 0.6) is 0 Å². The molecule has 1 aliphatic heterocycles. The fourth-order valence-corrected chi connectivity index (χ4v) is 2.27. The van der Waals surface area contributed by atoms with E-state index in [4.69, 9.17) is 0 Å². The standard InChI is InChI=1S/C13H24N2O/c1-4-5-12(16)15-10-13(2,3)11-6-8-14-9-7-11/h4-5,11,14H,6-10H2,1-3H3,(H,15,16)/b5-4+. The third-order valence-corrected chi connectivity index (χ3v) is 3.48. The molecule has 1 saturated heterocycles. The van der Waals surface area contributed by atoms with Crippen LogP contribution in [-0.2, 0) is 4.79 Å². The van der Waals surface area contributed by atoms with Gasteiger partial charge in [0.15, 0.2) is 0 Å². The molecule has 0 aromatic heterocycles. The lowest BCUT2D eigenvalue weighted by molar-refractivity contribution is -0.117. The second kappa shape index (κ2) is 6.04. The van der Waals surface area contributed by atoms with Crippen molar-refractivity contribution in [2.45, 2.75) is 33.6 Å². The van der Waals surface area contributed by atoms with Gasteiger partial charge < -0.3 is 10.6 Å². The van der Waals surface area contributed by atoms with E-state index in [9.17, 15) is 4.79 Å². The van der Waals surface area contributed by atoms with E-state index in [0.717, 1.165) is 19.6 Å². The number of carbonyl (C=O) groups excluding carboxylic acids is 1. The molecular formula is C13H24N2O. The summed E-state index contributed by atoms with van der Waals surface area (Å²) in [7, 11) is 0. The molecule has 1 rings (SSSR count). The Balaban J connectivity index is 2.40. The van der Waals surface area contributed by atoms with Crippen LogP contribution >= 0.6 is 0 Å². The van der Waals surface area contributed by atoms with Crippen molar-refractivity contribution in [1.29, 1.82) is 0 Å². The first kappa shape index (κ1) is 13.2. The highest BCUT2D eigenvalue weighted by Crippen LogP contribution is 2.32. The molecule has 1 amide bonds. The van der Waals surface area contributed by atoms with Crippen LogP contribution in [0.3, 0.4) is 0 Å². The summed E-state index contributed by atoms with van der Waals surface area (Å²) in [6.07, 6.45) is 5.78. The molecule has 3 heteroatoms. The van der Waals surface area contributed by atoms with Crippen molar-refractivity contribution in [2.24, 2.45) is 11.3 Å². The average molecular weight is 224 g/mol. The van der Waals surface area contributed by atoms with Crippen LogP contribution in [0.2, 0.25) is 0 Å². The Morgan fingerprint density at radius 1 is 1.44 bits per heavy atom. The van der Waals surface area contributed by atoms with E-state index in [1.807, 2.05) is 6.92 Å². The van der Waals surface area contributed by atoms with Crippen LogP contribution in [-0.4, -0.2) is 25.5 Å². The third kappa shape index (κ3) is 3.97. The van der Waals surface area contributed by atoms with Crippen LogP contribution in [0.4, 0.5) is 0 Å². The fourth-order valence-electron chi connectivity index (χ4n) is 2.27. The van der Waals surface area contributed by atoms with Crippen molar-refractivity contribution in [3.8, 4) is 0 Å². The van der Waals surface area contributed by atoms with Gasteiger partial charge in [0.05, 0.1) is 0 Å². The smallest absolute Gasteiger partial charge is 0.243 e. The lowest BCUT2D eigenvalue weighted by Crippen LogP contribution is -2.42. The lowest BCUT2D eigenvalue weighted by atomic mass is 9.74. The van der Waals surface area contributed by atoms with Crippen molar-refractivity contribution in [3.05, 3.63) is 12.2 Å². The Morgan fingerprint density at radius 2 is 2.06 bits per heavy atom. The molecule has 0 atom stereocenters. The number of nitrogens with one attached hydrogen (secondary N) is 2. The number of hydrogen-bond acceptors (Lipinski definition) is 2. The number of rotatable bonds is 4. The topological polar surface area (TPSA) is 41.1 Å². The highest BCUT2D eigenvalue weighted by molar-refractivity contribution is 5.87. The van der Waals surface area contributed by atoms with Gasteiger partial charge in [0, 0.05) is 6.54 Å². The van der Waals surface area contributed by atoms with Crippen LogP contribution in [0.1, 0.15) is 33.6 Å². The largest absolute Gasteiger partial charge is 0.352 e. The normalized spacial score (nSPS) is 18.9. The molecule has 0 radical (unpaired) electrons. The molecule has 0 aromatic carbocycles. The summed E-state index contributed by atoms with van der Waals surface area (Å²) >= 11 is 0. The van der Waals surface area contributed by atoms with Crippen molar-refractivity contribution < 1.29 is 4.79 Å². The van der Waals surface area contributed by atoms with Crippen LogP contribution in [0, 0.1) is 11.3 Å². The summed E-state index contributed by atoms with van der Waals surface area (Å²) in [5, 5.41) is 6.35. The lowest BCUT2D eigenvalue weighted by Gasteiger charge is -2.37. The molecule has 92 valence electrons. The SMILES string of the molecule is C/C=C/C(=O)NCC(C)(C)C1CCNCC1. The molecule has 3 nitrogen and oxygen atoms in total. The van der Waals surface area contributed by atoms with Crippen molar-refractivity contribution in [2.75, 3.05) is 19.6 Å². The Bertz CT molecular complexity index is 253. The molecular weight excluding hydrogens is 200 g/mol. The fraction of sp³-hybridized carbons (Fsp3) is 0.769. The number of carbonyl (C=O) groups is 1. The van der Waals surface area contributed by atoms with Gasteiger partial charge in [0.1, 0.15) is 0 Å². The first-order valence-corrected chi connectivity index (χ1v) is 6.17. The van der Waals surface area contributed by atoms with Crippen molar-refractivity contribution in [1.82, 2.24) is 10.6 Å². The van der Waals surface area contributed by atoms with E-state index in [1.165, 1.54) is 12.8 Å². The first-order valence-electron chi connectivity index (χ1n) is 6.17. The summed E-state index contributed by atoms with van der Waals surface area (Å²) in [4.78, 5) is 11.4. The molecule has 0 aromatic rings. The summed E-state index contributed by atoms with van der Waals surface area (Å²) < 4.78 is 0. The summed E-state index contributed by atoms with van der Waals surface area (Å²) in [5.41, 5.74) is 0.194. The van der Waals surface area contributed by atoms with Crippen LogP contribution < -0.4 is 10.6 Å². The van der Waals surface area contributed by atoms with Gasteiger partial charge >= 0.3 is 0 Å². The molecule has 0 saturated carbocycles. The zero-order chi connectivity index (χ0) is 12.0. The molecule has 0 spiro atoms. The van der Waals surface area contributed by atoms with E-state index in [1.54, 1.807) is 12.2 Å². The number of allylic oxidation sites excluding steroid dienone is 1. The zero-order valence-electron chi connectivity index (χ0n) is 10.7. The zero-order valence-corrected chi connectivity index (χ0v) is 10.7. The molecule has 16 heavy (non-hydrogen) atoms. The maximum Gasteiger partial charge on any atom is 0.243 e. The van der Waals surface area contributed by atoms with Crippen LogP contribution in [0.25, 0.3) is 0 Å². The van der Waals surface area contributed by atoms with Gasteiger partial charge in [-0.15, -0.1) is 0 Å². The maximum atomic E-state index is 11.4. The molecule has 1 aliphatic rings. The highest BCUT2D eigenvalue weighted by Gasteiger charge is 2.30. The third-order valence-electron chi connectivity index (χ3n) is 3.48. The summed E-state index contributed by atoms with van der Waals surface area (Å²) in [5.74, 6) is 0.726.